The first-order chi connectivity index (χ1) is 7.35. The van der Waals surface area contributed by atoms with E-state index in [4.69, 9.17) is 5.11 Å². The first-order valence-electron chi connectivity index (χ1n) is 5.13. The van der Waals surface area contributed by atoms with E-state index in [1.807, 2.05) is 13.8 Å². The molecule has 1 N–H and O–H groups in total. The Balaban J connectivity index is 2.88. The first-order valence-corrected chi connectivity index (χ1v) is 5.13. The summed E-state index contributed by atoms with van der Waals surface area (Å²) in [7, 11) is 1.68. The molecule has 16 heavy (non-hydrogen) atoms. The summed E-state index contributed by atoms with van der Waals surface area (Å²) < 4.78 is 26.4. The third-order valence-corrected chi connectivity index (χ3v) is 2.41. The number of aliphatic hydroxyl groups is 1. The van der Waals surface area contributed by atoms with Crippen molar-refractivity contribution in [3.8, 4) is 0 Å². The predicted molar refractivity (Wildman–Crippen MR) is 60.5 cm³/mol. The van der Waals surface area contributed by atoms with Crippen molar-refractivity contribution >= 4 is 5.69 Å². The standard InChI is InChI=1S/C12H17F2NO/c1-12(2,8-16)7-15(3)11-6-9(13)4-5-10(11)14/h4-6,16H,7-8H2,1-3H3. The maximum Gasteiger partial charge on any atom is 0.146 e. The lowest BCUT2D eigenvalue weighted by molar-refractivity contribution is 0.165. The minimum absolute atomic E-state index is 0.00568. The van der Waals surface area contributed by atoms with Crippen LogP contribution in [0, 0.1) is 17.0 Å². The van der Waals surface area contributed by atoms with Crippen LogP contribution in [-0.4, -0.2) is 25.3 Å². The van der Waals surface area contributed by atoms with Gasteiger partial charge in [0.1, 0.15) is 11.6 Å². The molecule has 0 spiro atoms. The Hall–Kier alpha value is -1.16. The molecule has 0 aliphatic heterocycles. The highest BCUT2D eigenvalue weighted by atomic mass is 19.1. The van der Waals surface area contributed by atoms with E-state index in [2.05, 4.69) is 0 Å². The number of hydrogen-bond donors (Lipinski definition) is 1. The van der Waals surface area contributed by atoms with Crippen molar-refractivity contribution < 1.29 is 13.9 Å². The van der Waals surface area contributed by atoms with Gasteiger partial charge in [-0.05, 0) is 12.1 Å². The Morgan fingerprint density at radius 2 is 1.94 bits per heavy atom. The number of rotatable bonds is 4. The van der Waals surface area contributed by atoms with E-state index in [1.165, 1.54) is 0 Å². The quantitative estimate of drug-likeness (QED) is 0.857. The van der Waals surface area contributed by atoms with Crippen LogP contribution < -0.4 is 4.90 Å². The molecule has 0 amide bonds. The molecule has 0 aromatic heterocycles. The third kappa shape index (κ3) is 3.17. The minimum Gasteiger partial charge on any atom is -0.396 e. The van der Waals surface area contributed by atoms with Gasteiger partial charge in [-0.2, -0.15) is 0 Å². The lowest BCUT2D eigenvalue weighted by Crippen LogP contribution is -2.34. The summed E-state index contributed by atoms with van der Waals surface area (Å²) in [5.74, 6) is -0.928. The van der Waals surface area contributed by atoms with E-state index in [1.54, 1.807) is 11.9 Å². The topological polar surface area (TPSA) is 23.5 Å². The molecule has 1 aromatic rings. The summed E-state index contributed by atoms with van der Waals surface area (Å²) in [6, 6.07) is 3.35. The van der Waals surface area contributed by atoms with E-state index in [0.717, 1.165) is 18.2 Å². The fraction of sp³-hybridized carbons (Fsp3) is 0.500. The van der Waals surface area contributed by atoms with Crippen molar-refractivity contribution in [3.05, 3.63) is 29.8 Å². The van der Waals surface area contributed by atoms with Crippen LogP contribution in [0.15, 0.2) is 18.2 Å². The molecule has 0 fully saturated rings. The van der Waals surface area contributed by atoms with Crippen molar-refractivity contribution in [2.75, 3.05) is 25.1 Å². The lowest BCUT2D eigenvalue weighted by Gasteiger charge is -2.30. The second-order valence-corrected chi connectivity index (χ2v) is 4.77. The number of benzene rings is 1. The maximum absolute atomic E-state index is 13.4. The molecule has 0 aliphatic carbocycles. The molecule has 1 aromatic carbocycles. The summed E-state index contributed by atoms with van der Waals surface area (Å²) in [5, 5.41) is 9.12. The van der Waals surface area contributed by atoms with Crippen LogP contribution in [0.3, 0.4) is 0 Å². The Morgan fingerprint density at radius 3 is 2.50 bits per heavy atom. The van der Waals surface area contributed by atoms with Gasteiger partial charge in [-0.15, -0.1) is 0 Å². The van der Waals surface area contributed by atoms with Crippen LogP contribution in [0.25, 0.3) is 0 Å². The van der Waals surface area contributed by atoms with E-state index in [9.17, 15) is 8.78 Å². The van der Waals surface area contributed by atoms with Gasteiger partial charge < -0.3 is 10.0 Å². The fourth-order valence-electron chi connectivity index (χ4n) is 1.56. The predicted octanol–water partition coefficient (Wildman–Crippen LogP) is 2.42. The second kappa shape index (κ2) is 4.78. The van der Waals surface area contributed by atoms with Crippen molar-refractivity contribution in [1.82, 2.24) is 0 Å². The number of hydrogen-bond acceptors (Lipinski definition) is 2. The number of halogens is 2. The fourth-order valence-corrected chi connectivity index (χ4v) is 1.56. The number of aliphatic hydroxyl groups excluding tert-OH is 1. The van der Waals surface area contributed by atoms with Crippen LogP contribution in [0.4, 0.5) is 14.5 Å². The lowest BCUT2D eigenvalue weighted by atomic mass is 9.94. The Bertz CT molecular complexity index is 366. The van der Waals surface area contributed by atoms with Gasteiger partial charge in [0.2, 0.25) is 0 Å². The molecule has 2 nitrogen and oxygen atoms in total. The third-order valence-electron chi connectivity index (χ3n) is 2.41. The van der Waals surface area contributed by atoms with Gasteiger partial charge in [-0.3, -0.25) is 0 Å². The Morgan fingerprint density at radius 1 is 1.31 bits per heavy atom. The molecule has 1 rings (SSSR count). The first kappa shape index (κ1) is 12.9. The highest BCUT2D eigenvalue weighted by Crippen LogP contribution is 2.23. The molecule has 0 bridgehead atoms. The second-order valence-electron chi connectivity index (χ2n) is 4.77. The van der Waals surface area contributed by atoms with E-state index >= 15 is 0 Å². The molecule has 0 saturated heterocycles. The van der Waals surface area contributed by atoms with E-state index in [0.29, 0.717) is 6.54 Å². The van der Waals surface area contributed by atoms with Crippen LogP contribution in [-0.2, 0) is 0 Å². The van der Waals surface area contributed by atoms with E-state index < -0.39 is 11.6 Å². The monoisotopic (exact) mass is 229 g/mol. The highest BCUT2D eigenvalue weighted by Gasteiger charge is 2.20. The molecule has 0 aliphatic rings. The van der Waals surface area contributed by atoms with Gasteiger partial charge in [-0.1, -0.05) is 13.8 Å². The van der Waals surface area contributed by atoms with Crippen LogP contribution in [0.1, 0.15) is 13.8 Å². The van der Waals surface area contributed by atoms with E-state index in [-0.39, 0.29) is 17.7 Å². The summed E-state index contributed by atoms with van der Waals surface area (Å²) >= 11 is 0. The van der Waals surface area contributed by atoms with Gasteiger partial charge >= 0.3 is 0 Å². The zero-order chi connectivity index (χ0) is 12.3. The molecule has 4 heteroatoms. The van der Waals surface area contributed by atoms with Crippen LogP contribution in [0.2, 0.25) is 0 Å². The van der Waals surface area contributed by atoms with Crippen molar-refractivity contribution in [3.63, 3.8) is 0 Å². The van der Waals surface area contributed by atoms with Crippen molar-refractivity contribution in [2.24, 2.45) is 5.41 Å². The number of anilines is 1. The van der Waals surface area contributed by atoms with Gasteiger partial charge in [0.05, 0.1) is 5.69 Å². The Kier molecular flexibility index (Phi) is 3.86. The smallest absolute Gasteiger partial charge is 0.146 e. The molecule has 0 unspecified atom stereocenters. The van der Waals surface area contributed by atoms with Gasteiger partial charge in [0, 0.05) is 31.7 Å². The average Bonchev–Trinajstić information content (AvgIpc) is 2.21. The molecule has 0 saturated carbocycles. The van der Waals surface area contributed by atoms with Gasteiger partial charge in [0.15, 0.2) is 0 Å². The molecule has 0 heterocycles. The highest BCUT2D eigenvalue weighted by molar-refractivity contribution is 5.47. The van der Waals surface area contributed by atoms with Crippen LogP contribution in [0.5, 0.6) is 0 Å². The number of nitrogens with zero attached hydrogens (tertiary/aromatic N) is 1. The zero-order valence-corrected chi connectivity index (χ0v) is 9.80. The summed E-state index contributed by atoms with van der Waals surface area (Å²) in [6.07, 6.45) is 0. The van der Waals surface area contributed by atoms with Crippen molar-refractivity contribution in [2.45, 2.75) is 13.8 Å². The molecule has 0 radical (unpaired) electrons. The average molecular weight is 229 g/mol. The Labute approximate surface area is 94.5 Å². The van der Waals surface area contributed by atoms with Crippen molar-refractivity contribution in [1.29, 1.82) is 0 Å². The normalized spacial score (nSPS) is 11.6. The summed E-state index contributed by atoms with van der Waals surface area (Å²) in [4.78, 5) is 1.61. The minimum atomic E-state index is -0.468. The summed E-state index contributed by atoms with van der Waals surface area (Å²) in [5.41, 5.74) is -0.144. The zero-order valence-electron chi connectivity index (χ0n) is 9.80. The molecular weight excluding hydrogens is 212 g/mol. The molecular formula is C12H17F2NO. The maximum atomic E-state index is 13.4. The molecule has 90 valence electrons. The van der Waals surface area contributed by atoms with Crippen LogP contribution >= 0.6 is 0 Å². The SMILES string of the molecule is CN(CC(C)(C)CO)c1cc(F)ccc1F. The largest absolute Gasteiger partial charge is 0.396 e. The summed E-state index contributed by atoms with van der Waals surface area (Å²) in [6.45, 7) is 4.17. The van der Waals surface area contributed by atoms with Gasteiger partial charge in [-0.25, -0.2) is 8.78 Å². The molecule has 0 atom stereocenters. The van der Waals surface area contributed by atoms with Gasteiger partial charge in [0.25, 0.3) is 0 Å².